The SMILES string of the molecule is CC(=O)N(CCC(=O)NC(C)c1ccccc1)c1ccccc1N1CCOCC1. The van der Waals surface area contributed by atoms with Crippen LogP contribution in [0.2, 0.25) is 0 Å². The predicted octanol–water partition coefficient (Wildman–Crippen LogP) is 3.14. The van der Waals surface area contributed by atoms with Gasteiger partial charge in [-0.25, -0.2) is 0 Å². The third kappa shape index (κ3) is 5.57. The molecule has 0 aliphatic carbocycles. The first-order valence-electron chi connectivity index (χ1n) is 10.1. The number of benzene rings is 2. The van der Waals surface area contributed by atoms with Gasteiger partial charge < -0.3 is 19.9 Å². The third-order valence-corrected chi connectivity index (χ3v) is 5.14. The van der Waals surface area contributed by atoms with Gasteiger partial charge in [0.05, 0.1) is 30.6 Å². The second-order valence-electron chi connectivity index (χ2n) is 7.21. The average Bonchev–Trinajstić information content (AvgIpc) is 2.75. The molecule has 6 nitrogen and oxygen atoms in total. The maximum absolute atomic E-state index is 12.5. The molecule has 1 atom stereocenters. The van der Waals surface area contributed by atoms with E-state index in [0.717, 1.165) is 30.0 Å². The van der Waals surface area contributed by atoms with Crippen molar-refractivity contribution in [2.75, 3.05) is 42.6 Å². The Hall–Kier alpha value is -2.86. The lowest BCUT2D eigenvalue weighted by atomic mass is 10.1. The molecule has 1 N–H and O–H groups in total. The summed E-state index contributed by atoms with van der Waals surface area (Å²) in [6.07, 6.45) is 0.244. The van der Waals surface area contributed by atoms with E-state index < -0.39 is 0 Å². The maximum Gasteiger partial charge on any atom is 0.223 e. The van der Waals surface area contributed by atoms with Gasteiger partial charge in [-0.2, -0.15) is 0 Å². The lowest BCUT2D eigenvalue weighted by Crippen LogP contribution is -2.39. The van der Waals surface area contributed by atoms with Gasteiger partial charge in [0, 0.05) is 33.0 Å². The lowest BCUT2D eigenvalue weighted by molar-refractivity contribution is -0.121. The number of anilines is 2. The number of carbonyl (C=O) groups is 2. The Morgan fingerprint density at radius 3 is 2.41 bits per heavy atom. The van der Waals surface area contributed by atoms with Crippen molar-refractivity contribution >= 4 is 23.2 Å². The summed E-state index contributed by atoms with van der Waals surface area (Å²) in [5, 5.41) is 3.02. The van der Waals surface area contributed by atoms with Crippen molar-refractivity contribution in [3.63, 3.8) is 0 Å². The summed E-state index contributed by atoms with van der Waals surface area (Å²) in [5.41, 5.74) is 2.90. The molecule has 0 radical (unpaired) electrons. The molecule has 29 heavy (non-hydrogen) atoms. The van der Waals surface area contributed by atoms with Gasteiger partial charge in [-0.15, -0.1) is 0 Å². The molecule has 1 aliphatic heterocycles. The van der Waals surface area contributed by atoms with Gasteiger partial charge in [0.2, 0.25) is 11.8 Å². The molecule has 2 amide bonds. The molecule has 0 spiro atoms. The zero-order chi connectivity index (χ0) is 20.6. The van der Waals surface area contributed by atoms with Crippen LogP contribution >= 0.6 is 0 Å². The van der Waals surface area contributed by atoms with Crippen LogP contribution in [0.5, 0.6) is 0 Å². The second-order valence-corrected chi connectivity index (χ2v) is 7.21. The number of hydrogen-bond acceptors (Lipinski definition) is 4. The Labute approximate surface area is 172 Å². The van der Waals surface area contributed by atoms with Crippen LogP contribution in [0.3, 0.4) is 0 Å². The molecule has 0 saturated carbocycles. The summed E-state index contributed by atoms with van der Waals surface area (Å²) in [5.74, 6) is -0.147. The van der Waals surface area contributed by atoms with E-state index in [-0.39, 0.29) is 24.3 Å². The molecule has 6 heteroatoms. The van der Waals surface area contributed by atoms with Crippen LogP contribution in [0.4, 0.5) is 11.4 Å². The minimum atomic E-state index is -0.0744. The molecule has 154 valence electrons. The fourth-order valence-electron chi connectivity index (χ4n) is 3.56. The van der Waals surface area contributed by atoms with E-state index in [1.807, 2.05) is 61.5 Å². The number of amides is 2. The van der Waals surface area contributed by atoms with Crippen LogP contribution in [0.1, 0.15) is 31.9 Å². The number of nitrogens with one attached hydrogen (secondary N) is 1. The molecule has 2 aromatic rings. The predicted molar refractivity (Wildman–Crippen MR) is 115 cm³/mol. The second kappa shape index (κ2) is 10.1. The van der Waals surface area contributed by atoms with E-state index in [2.05, 4.69) is 10.2 Å². The Morgan fingerprint density at radius 2 is 1.72 bits per heavy atom. The Bertz CT molecular complexity index is 819. The van der Waals surface area contributed by atoms with Crippen LogP contribution in [-0.2, 0) is 14.3 Å². The standard InChI is InChI=1S/C23H29N3O3/c1-18(20-8-4-3-5-9-20)24-23(28)12-13-26(19(2)27)22-11-7-6-10-21(22)25-14-16-29-17-15-25/h3-11,18H,12-17H2,1-2H3,(H,24,28). The van der Waals surface area contributed by atoms with E-state index >= 15 is 0 Å². The van der Waals surface area contributed by atoms with Crippen LogP contribution in [0, 0.1) is 0 Å². The molecule has 1 aliphatic rings. The fraction of sp³-hybridized carbons (Fsp3) is 0.391. The highest BCUT2D eigenvalue weighted by Crippen LogP contribution is 2.30. The van der Waals surface area contributed by atoms with Gasteiger partial charge >= 0.3 is 0 Å². The zero-order valence-electron chi connectivity index (χ0n) is 17.1. The Balaban J connectivity index is 1.66. The molecule has 1 saturated heterocycles. The van der Waals surface area contributed by atoms with Crippen LogP contribution in [0.25, 0.3) is 0 Å². The van der Waals surface area contributed by atoms with Crippen LogP contribution in [-0.4, -0.2) is 44.7 Å². The summed E-state index contributed by atoms with van der Waals surface area (Å²) in [6, 6.07) is 17.6. The molecule has 3 rings (SSSR count). The lowest BCUT2D eigenvalue weighted by Gasteiger charge is -2.33. The van der Waals surface area contributed by atoms with Crippen molar-refractivity contribution < 1.29 is 14.3 Å². The number of ether oxygens (including phenoxy) is 1. The molecular weight excluding hydrogens is 366 g/mol. The first-order chi connectivity index (χ1) is 14.1. The molecule has 1 unspecified atom stereocenters. The number of hydrogen-bond donors (Lipinski definition) is 1. The van der Waals surface area contributed by atoms with Crippen molar-refractivity contribution in [1.29, 1.82) is 0 Å². The smallest absolute Gasteiger partial charge is 0.223 e. The van der Waals surface area contributed by atoms with Gasteiger partial charge in [0.1, 0.15) is 0 Å². The van der Waals surface area contributed by atoms with E-state index in [9.17, 15) is 9.59 Å². The van der Waals surface area contributed by atoms with Crippen molar-refractivity contribution in [2.45, 2.75) is 26.3 Å². The first-order valence-corrected chi connectivity index (χ1v) is 10.1. The van der Waals surface area contributed by atoms with Gasteiger partial charge in [-0.1, -0.05) is 42.5 Å². The summed E-state index contributed by atoms with van der Waals surface area (Å²) >= 11 is 0. The Kier molecular flexibility index (Phi) is 7.25. The van der Waals surface area contributed by atoms with Crippen molar-refractivity contribution in [2.24, 2.45) is 0 Å². The molecular formula is C23H29N3O3. The monoisotopic (exact) mass is 395 g/mol. The molecule has 0 aromatic heterocycles. The van der Waals surface area contributed by atoms with E-state index in [1.54, 1.807) is 11.8 Å². The Morgan fingerprint density at radius 1 is 1.07 bits per heavy atom. The number of morpholine rings is 1. The quantitative estimate of drug-likeness (QED) is 0.782. The average molecular weight is 396 g/mol. The number of carbonyl (C=O) groups excluding carboxylic acids is 2. The van der Waals surface area contributed by atoms with Gasteiger partial charge in [-0.05, 0) is 24.6 Å². The normalized spacial score (nSPS) is 14.9. The molecule has 0 bridgehead atoms. The van der Waals surface area contributed by atoms with Crippen LogP contribution < -0.4 is 15.1 Å². The highest BCUT2D eigenvalue weighted by atomic mass is 16.5. The minimum Gasteiger partial charge on any atom is -0.378 e. The van der Waals surface area contributed by atoms with E-state index in [0.29, 0.717) is 19.8 Å². The largest absolute Gasteiger partial charge is 0.378 e. The number of nitrogens with zero attached hydrogens (tertiary/aromatic N) is 2. The van der Waals surface area contributed by atoms with Crippen LogP contribution in [0.15, 0.2) is 54.6 Å². The van der Waals surface area contributed by atoms with Gasteiger partial charge in [0.15, 0.2) is 0 Å². The topological polar surface area (TPSA) is 61.9 Å². The van der Waals surface area contributed by atoms with E-state index in [1.165, 1.54) is 0 Å². The molecule has 2 aromatic carbocycles. The number of rotatable bonds is 7. The summed E-state index contributed by atoms with van der Waals surface area (Å²) in [7, 11) is 0. The summed E-state index contributed by atoms with van der Waals surface area (Å²) in [6.45, 7) is 6.77. The van der Waals surface area contributed by atoms with Gasteiger partial charge in [0.25, 0.3) is 0 Å². The fourth-order valence-corrected chi connectivity index (χ4v) is 3.56. The number of para-hydroxylation sites is 2. The van der Waals surface area contributed by atoms with Crippen molar-refractivity contribution in [3.05, 3.63) is 60.2 Å². The highest BCUT2D eigenvalue weighted by Gasteiger charge is 2.21. The summed E-state index contributed by atoms with van der Waals surface area (Å²) in [4.78, 5) is 28.8. The van der Waals surface area contributed by atoms with Crippen molar-refractivity contribution in [1.82, 2.24) is 5.32 Å². The zero-order valence-corrected chi connectivity index (χ0v) is 17.1. The first kappa shape index (κ1) is 20.9. The van der Waals surface area contributed by atoms with Gasteiger partial charge in [-0.3, -0.25) is 9.59 Å². The molecule has 1 fully saturated rings. The highest BCUT2D eigenvalue weighted by molar-refractivity contribution is 5.96. The molecule has 1 heterocycles. The third-order valence-electron chi connectivity index (χ3n) is 5.14. The minimum absolute atomic E-state index is 0.0727. The maximum atomic E-state index is 12.5. The van der Waals surface area contributed by atoms with E-state index in [4.69, 9.17) is 4.74 Å². The summed E-state index contributed by atoms with van der Waals surface area (Å²) < 4.78 is 5.45. The van der Waals surface area contributed by atoms with Crippen molar-refractivity contribution in [3.8, 4) is 0 Å².